The van der Waals surface area contributed by atoms with Crippen molar-refractivity contribution in [2.24, 2.45) is 7.05 Å². The van der Waals surface area contributed by atoms with Crippen molar-refractivity contribution in [2.75, 3.05) is 26.2 Å². The fourth-order valence-electron chi connectivity index (χ4n) is 2.83. The van der Waals surface area contributed by atoms with Crippen molar-refractivity contribution in [1.82, 2.24) is 19.6 Å². The second-order valence-corrected chi connectivity index (χ2v) is 5.89. The van der Waals surface area contributed by atoms with Crippen LogP contribution in [0.15, 0.2) is 36.7 Å². The van der Waals surface area contributed by atoms with Crippen molar-refractivity contribution < 1.29 is 9.72 Å². The summed E-state index contributed by atoms with van der Waals surface area (Å²) >= 11 is 0. The molecule has 8 nitrogen and oxygen atoms in total. The zero-order chi connectivity index (χ0) is 17.1. The van der Waals surface area contributed by atoms with Crippen LogP contribution in [-0.4, -0.2) is 56.6 Å². The molecule has 0 spiro atoms. The summed E-state index contributed by atoms with van der Waals surface area (Å²) in [7, 11) is 1.89. The fraction of sp³-hybridized carbons (Fsp3) is 0.375. The lowest BCUT2D eigenvalue weighted by atomic mass is 10.1. The maximum Gasteiger partial charge on any atom is 0.269 e. The molecule has 3 rings (SSSR count). The van der Waals surface area contributed by atoms with E-state index in [0.717, 1.165) is 25.2 Å². The molecule has 0 radical (unpaired) electrons. The van der Waals surface area contributed by atoms with Crippen LogP contribution in [0.5, 0.6) is 0 Å². The van der Waals surface area contributed by atoms with Crippen molar-refractivity contribution in [2.45, 2.75) is 6.54 Å². The third-order valence-electron chi connectivity index (χ3n) is 4.15. The predicted octanol–water partition coefficient (Wildman–Crippen LogP) is 1.29. The number of hydrogen-bond acceptors (Lipinski definition) is 5. The van der Waals surface area contributed by atoms with Gasteiger partial charge in [-0.15, -0.1) is 0 Å². The Bertz CT molecular complexity index is 732. The van der Waals surface area contributed by atoms with E-state index in [4.69, 9.17) is 0 Å². The van der Waals surface area contributed by atoms with Gasteiger partial charge in [-0.3, -0.25) is 24.5 Å². The average molecular weight is 329 g/mol. The van der Waals surface area contributed by atoms with Crippen LogP contribution in [0, 0.1) is 10.1 Å². The first-order chi connectivity index (χ1) is 11.5. The van der Waals surface area contributed by atoms with E-state index >= 15 is 0 Å². The molecule has 0 bridgehead atoms. The van der Waals surface area contributed by atoms with Crippen molar-refractivity contribution >= 4 is 11.6 Å². The summed E-state index contributed by atoms with van der Waals surface area (Å²) < 4.78 is 1.78. The second-order valence-electron chi connectivity index (χ2n) is 5.89. The number of nitro benzene ring substituents is 1. The minimum absolute atomic E-state index is 0.00663. The van der Waals surface area contributed by atoms with Gasteiger partial charge in [0.05, 0.1) is 11.1 Å². The molecule has 2 aromatic rings. The number of nitro groups is 1. The van der Waals surface area contributed by atoms with Crippen LogP contribution in [-0.2, 0) is 13.6 Å². The lowest BCUT2D eigenvalue weighted by molar-refractivity contribution is -0.384. The zero-order valence-electron chi connectivity index (χ0n) is 13.5. The number of non-ortho nitro benzene ring substituents is 1. The molecule has 0 saturated carbocycles. The maximum absolute atomic E-state index is 12.5. The van der Waals surface area contributed by atoms with Crippen LogP contribution in [0.2, 0.25) is 0 Å². The number of carbonyl (C=O) groups is 1. The second kappa shape index (κ2) is 6.79. The molecule has 8 heteroatoms. The minimum Gasteiger partial charge on any atom is -0.336 e. The van der Waals surface area contributed by atoms with E-state index in [1.165, 1.54) is 24.3 Å². The number of hydrogen-bond donors (Lipinski definition) is 0. The number of aryl methyl sites for hydroxylation is 1. The van der Waals surface area contributed by atoms with E-state index in [-0.39, 0.29) is 11.6 Å². The highest BCUT2D eigenvalue weighted by Crippen LogP contribution is 2.15. The standard InChI is InChI=1S/C16H19N5O3/c1-18-11-13(10-17-18)12-19-6-8-20(9-7-19)16(22)14-2-4-15(5-3-14)21(23)24/h2-5,10-11H,6-9,12H2,1H3. The molecule has 1 aromatic carbocycles. The van der Waals surface area contributed by atoms with Gasteiger partial charge in [-0.05, 0) is 12.1 Å². The van der Waals surface area contributed by atoms with Gasteiger partial charge in [0.25, 0.3) is 11.6 Å². The van der Waals surface area contributed by atoms with Crippen LogP contribution in [0.4, 0.5) is 5.69 Å². The normalized spacial score (nSPS) is 15.5. The van der Waals surface area contributed by atoms with E-state index in [2.05, 4.69) is 10.00 Å². The Morgan fingerprint density at radius 3 is 2.42 bits per heavy atom. The van der Waals surface area contributed by atoms with Crippen molar-refractivity contribution in [3.63, 3.8) is 0 Å². The molecule has 0 unspecified atom stereocenters. The van der Waals surface area contributed by atoms with Gasteiger partial charge in [-0.2, -0.15) is 5.10 Å². The number of aromatic nitrogens is 2. The van der Waals surface area contributed by atoms with Crippen LogP contribution in [0.1, 0.15) is 15.9 Å². The van der Waals surface area contributed by atoms with Gasteiger partial charge in [0.15, 0.2) is 0 Å². The summed E-state index contributed by atoms with van der Waals surface area (Å²) in [6.45, 7) is 3.72. The van der Waals surface area contributed by atoms with Gasteiger partial charge in [0.1, 0.15) is 0 Å². The lowest BCUT2D eigenvalue weighted by Gasteiger charge is -2.34. The molecule has 1 amide bonds. The number of amides is 1. The highest BCUT2D eigenvalue weighted by Gasteiger charge is 2.22. The number of benzene rings is 1. The summed E-state index contributed by atoms with van der Waals surface area (Å²) in [5.41, 5.74) is 1.64. The van der Waals surface area contributed by atoms with E-state index < -0.39 is 4.92 Å². The molecule has 0 atom stereocenters. The third-order valence-corrected chi connectivity index (χ3v) is 4.15. The Balaban J connectivity index is 1.55. The number of carbonyl (C=O) groups excluding carboxylic acids is 1. The van der Waals surface area contributed by atoms with Crippen molar-refractivity contribution in [3.8, 4) is 0 Å². The quantitative estimate of drug-likeness (QED) is 0.623. The van der Waals surface area contributed by atoms with Gasteiger partial charge < -0.3 is 4.90 Å². The first-order valence-corrected chi connectivity index (χ1v) is 7.76. The molecule has 1 fully saturated rings. The Labute approximate surface area is 139 Å². The Morgan fingerprint density at radius 1 is 1.21 bits per heavy atom. The molecule has 0 N–H and O–H groups in total. The van der Waals surface area contributed by atoms with Crippen LogP contribution >= 0.6 is 0 Å². The molecule has 0 aliphatic carbocycles. The third kappa shape index (κ3) is 3.60. The predicted molar refractivity (Wildman–Crippen MR) is 87.5 cm³/mol. The maximum atomic E-state index is 12.5. The topological polar surface area (TPSA) is 84.5 Å². The minimum atomic E-state index is -0.467. The highest BCUT2D eigenvalue weighted by molar-refractivity contribution is 5.94. The zero-order valence-corrected chi connectivity index (χ0v) is 13.5. The molecule has 2 heterocycles. The molecule has 1 aliphatic rings. The average Bonchev–Trinajstić information content (AvgIpc) is 3.00. The summed E-state index contributed by atoms with van der Waals surface area (Å²) in [6, 6.07) is 5.77. The lowest BCUT2D eigenvalue weighted by Crippen LogP contribution is -2.48. The number of rotatable bonds is 4. The van der Waals surface area contributed by atoms with Crippen LogP contribution in [0.25, 0.3) is 0 Å². The first-order valence-electron chi connectivity index (χ1n) is 7.76. The summed E-state index contributed by atoms with van der Waals surface area (Å²) in [5.74, 6) is -0.0778. The smallest absolute Gasteiger partial charge is 0.269 e. The van der Waals surface area contributed by atoms with Crippen molar-refractivity contribution in [1.29, 1.82) is 0 Å². The molecule has 1 saturated heterocycles. The molecule has 1 aromatic heterocycles. The Kier molecular flexibility index (Phi) is 4.57. The molecule has 126 valence electrons. The van der Waals surface area contributed by atoms with E-state index in [1.54, 1.807) is 9.58 Å². The van der Waals surface area contributed by atoms with E-state index in [9.17, 15) is 14.9 Å². The van der Waals surface area contributed by atoms with E-state index in [0.29, 0.717) is 18.7 Å². The van der Waals surface area contributed by atoms with Crippen LogP contribution < -0.4 is 0 Å². The molecular formula is C16H19N5O3. The van der Waals surface area contributed by atoms with Gasteiger partial charge in [0.2, 0.25) is 0 Å². The van der Waals surface area contributed by atoms with Gasteiger partial charge in [-0.1, -0.05) is 0 Å². The largest absolute Gasteiger partial charge is 0.336 e. The Hall–Kier alpha value is -2.74. The monoisotopic (exact) mass is 329 g/mol. The van der Waals surface area contributed by atoms with Crippen molar-refractivity contribution in [3.05, 3.63) is 57.9 Å². The van der Waals surface area contributed by atoms with Crippen LogP contribution in [0.3, 0.4) is 0 Å². The molecule has 1 aliphatic heterocycles. The summed E-state index contributed by atoms with van der Waals surface area (Å²) in [4.78, 5) is 26.8. The van der Waals surface area contributed by atoms with E-state index in [1.807, 2.05) is 19.4 Å². The fourth-order valence-corrected chi connectivity index (χ4v) is 2.83. The van der Waals surface area contributed by atoms with Gasteiger partial charge in [0, 0.05) is 69.2 Å². The van der Waals surface area contributed by atoms with Gasteiger partial charge >= 0.3 is 0 Å². The summed E-state index contributed by atoms with van der Waals surface area (Å²) in [6.07, 6.45) is 3.85. The first kappa shape index (κ1) is 16.1. The molecule has 24 heavy (non-hydrogen) atoms. The Morgan fingerprint density at radius 2 is 1.88 bits per heavy atom. The highest BCUT2D eigenvalue weighted by atomic mass is 16.6. The SMILES string of the molecule is Cn1cc(CN2CCN(C(=O)c3ccc([N+](=O)[O-])cc3)CC2)cn1. The summed E-state index contributed by atoms with van der Waals surface area (Å²) in [5, 5.41) is 14.8. The molecular weight excluding hydrogens is 310 g/mol. The van der Waals surface area contributed by atoms with Gasteiger partial charge in [-0.25, -0.2) is 0 Å². The number of piperazine rings is 1. The number of nitrogens with zero attached hydrogens (tertiary/aromatic N) is 5.